The summed E-state index contributed by atoms with van der Waals surface area (Å²) in [5.74, 6) is -0.560. The molecule has 4 aromatic carbocycles. The van der Waals surface area contributed by atoms with Gasteiger partial charge in [-0.25, -0.2) is 16.8 Å². The third kappa shape index (κ3) is 5.77. The minimum atomic E-state index is -3.91. The summed E-state index contributed by atoms with van der Waals surface area (Å²) in [6.45, 7) is 0. The molecule has 0 bridgehead atoms. The minimum absolute atomic E-state index is 0.0282. The maximum Gasteiger partial charge on any atom is 0.264 e. The lowest BCUT2D eigenvalue weighted by atomic mass is 10.1. The van der Waals surface area contributed by atoms with Gasteiger partial charge >= 0.3 is 0 Å². The smallest absolute Gasteiger partial charge is 0.264 e. The molecule has 1 amide bonds. The van der Waals surface area contributed by atoms with Gasteiger partial charge in [-0.1, -0.05) is 54.1 Å². The van der Waals surface area contributed by atoms with Crippen LogP contribution in [0.3, 0.4) is 0 Å². The maximum absolute atomic E-state index is 13.1. The van der Waals surface area contributed by atoms with E-state index in [4.69, 9.17) is 11.6 Å². The van der Waals surface area contributed by atoms with Gasteiger partial charge in [0.1, 0.15) is 0 Å². The number of nitrogens with zero attached hydrogens (tertiary/aromatic N) is 1. The molecular weight excluding hydrogens is 534 g/mol. The summed E-state index contributed by atoms with van der Waals surface area (Å²) < 4.78 is 55.1. The summed E-state index contributed by atoms with van der Waals surface area (Å²) in [4.78, 5) is 13.1. The molecule has 11 heteroatoms. The fraction of sp³-hybridized carbons (Fsp3) is 0.0385. The van der Waals surface area contributed by atoms with Gasteiger partial charge in [0.15, 0.2) is 0 Å². The average Bonchev–Trinajstić information content (AvgIpc) is 2.90. The molecule has 0 aliphatic carbocycles. The van der Waals surface area contributed by atoms with Crippen LogP contribution >= 0.6 is 11.6 Å². The summed E-state index contributed by atoms with van der Waals surface area (Å²) in [6.07, 6.45) is 0. The fourth-order valence-electron chi connectivity index (χ4n) is 3.48. The van der Waals surface area contributed by atoms with Crippen LogP contribution in [-0.4, -0.2) is 29.8 Å². The number of rotatable bonds is 8. The van der Waals surface area contributed by atoms with Gasteiger partial charge in [-0.3, -0.25) is 13.8 Å². The largest absolute Gasteiger partial charge is 0.322 e. The number of nitrogens with one attached hydrogen (secondary N) is 2. The molecule has 2 N–H and O–H groups in total. The van der Waals surface area contributed by atoms with Crippen LogP contribution in [0.1, 0.15) is 10.4 Å². The number of sulfonamides is 2. The minimum Gasteiger partial charge on any atom is -0.322 e. The molecular formula is C26H22ClN3O5S2. The highest BCUT2D eigenvalue weighted by molar-refractivity contribution is 7.93. The van der Waals surface area contributed by atoms with Crippen molar-refractivity contribution in [1.29, 1.82) is 0 Å². The molecule has 0 spiro atoms. The highest BCUT2D eigenvalue weighted by atomic mass is 35.5. The molecule has 190 valence electrons. The van der Waals surface area contributed by atoms with Crippen molar-refractivity contribution in [2.45, 2.75) is 9.79 Å². The van der Waals surface area contributed by atoms with Crippen molar-refractivity contribution in [3.05, 3.63) is 114 Å². The topological polar surface area (TPSA) is 113 Å². The maximum atomic E-state index is 13.1. The molecule has 37 heavy (non-hydrogen) atoms. The molecule has 0 saturated heterocycles. The molecule has 8 nitrogen and oxygen atoms in total. The van der Waals surface area contributed by atoms with Crippen LogP contribution in [0, 0.1) is 0 Å². The second-order valence-corrected chi connectivity index (χ2v) is 11.9. The van der Waals surface area contributed by atoms with E-state index in [1.165, 1.54) is 55.6 Å². The molecule has 0 aliphatic heterocycles. The summed E-state index contributed by atoms with van der Waals surface area (Å²) in [7, 11) is -6.44. The zero-order chi connectivity index (χ0) is 26.6. The van der Waals surface area contributed by atoms with E-state index in [0.717, 1.165) is 4.31 Å². The zero-order valence-corrected chi connectivity index (χ0v) is 21.9. The van der Waals surface area contributed by atoms with Gasteiger partial charge in [-0.15, -0.1) is 0 Å². The van der Waals surface area contributed by atoms with Gasteiger partial charge < -0.3 is 5.32 Å². The number of carbonyl (C=O) groups is 1. The molecule has 0 atom stereocenters. The number of benzene rings is 4. The highest BCUT2D eigenvalue weighted by Crippen LogP contribution is 2.27. The lowest BCUT2D eigenvalue weighted by molar-refractivity contribution is 0.102. The molecule has 0 aromatic heterocycles. The van der Waals surface area contributed by atoms with Crippen molar-refractivity contribution in [2.75, 3.05) is 21.4 Å². The fourth-order valence-corrected chi connectivity index (χ4v) is 6.04. The van der Waals surface area contributed by atoms with Crippen molar-refractivity contribution in [1.82, 2.24) is 0 Å². The van der Waals surface area contributed by atoms with E-state index in [9.17, 15) is 21.6 Å². The van der Waals surface area contributed by atoms with E-state index in [1.807, 2.05) is 0 Å². The molecule has 0 aliphatic rings. The predicted octanol–water partition coefficient (Wildman–Crippen LogP) is 5.22. The van der Waals surface area contributed by atoms with Gasteiger partial charge in [0.25, 0.3) is 26.0 Å². The molecule has 0 unspecified atom stereocenters. The van der Waals surface area contributed by atoms with Crippen LogP contribution in [0.5, 0.6) is 0 Å². The number of hydrogen-bond acceptors (Lipinski definition) is 5. The van der Waals surface area contributed by atoms with Gasteiger partial charge in [-0.05, 0) is 60.7 Å². The first kappa shape index (κ1) is 26.2. The summed E-state index contributed by atoms with van der Waals surface area (Å²) in [5.41, 5.74) is 0.881. The number of para-hydroxylation sites is 2. The second-order valence-electron chi connectivity index (χ2n) is 7.87. The molecule has 0 fully saturated rings. The van der Waals surface area contributed by atoms with Crippen LogP contribution in [0.25, 0.3) is 0 Å². The van der Waals surface area contributed by atoms with Crippen LogP contribution in [-0.2, 0) is 20.0 Å². The van der Waals surface area contributed by atoms with E-state index < -0.39 is 26.0 Å². The first-order chi connectivity index (χ1) is 17.6. The molecule has 0 radical (unpaired) electrons. The van der Waals surface area contributed by atoms with E-state index in [0.29, 0.717) is 5.69 Å². The Morgan fingerprint density at radius 1 is 0.730 bits per heavy atom. The lowest BCUT2D eigenvalue weighted by Gasteiger charge is -2.22. The Bertz CT molecular complexity index is 1640. The van der Waals surface area contributed by atoms with Crippen molar-refractivity contribution in [3.63, 3.8) is 0 Å². The van der Waals surface area contributed by atoms with Gasteiger partial charge in [0.05, 0.1) is 31.8 Å². The number of amides is 1. The normalized spacial score (nSPS) is 11.5. The van der Waals surface area contributed by atoms with Gasteiger partial charge in [-0.2, -0.15) is 0 Å². The molecule has 4 aromatic rings. The molecule has 0 saturated carbocycles. The van der Waals surface area contributed by atoms with Gasteiger partial charge in [0, 0.05) is 12.7 Å². The summed E-state index contributed by atoms with van der Waals surface area (Å²) in [5, 5.41) is 2.94. The summed E-state index contributed by atoms with van der Waals surface area (Å²) >= 11 is 6.04. The average molecular weight is 556 g/mol. The number of carbonyl (C=O) groups excluding carboxylic acids is 1. The van der Waals surface area contributed by atoms with E-state index in [-0.39, 0.29) is 31.8 Å². The number of hydrogen-bond donors (Lipinski definition) is 2. The second kappa shape index (κ2) is 10.6. The van der Waals surface area contributed by atoms with E-state index in [2.05, 4.69) is 10.0 Å². The monoisotopic (exact) mass is 555 g/mol. The number of halogens is 1. The highest BCUT2D eigenvalue weighted by Gasteiger charge is 2.25. The Morgan fingerprint density at radius 2 is 1.32 bits per heavy atom. The first-order valence-corrected chi connectivity index (χ1v) is 14.2. The number of anilines is 3. The van der Waals surface area contributed by atoms with Crippen molar-refractivity contribution < 1.29 is 21.6 Å². The first-order valence-electron chi connectivity index (χ1n) is 10.9. The van der Waals surface area contributed by atoms with Crippen LogP contribution in [0.2, 0.25) is 5.02 Å². The van der Waals surface area contributed by atoms with Crippen LogP contribution in [0.4, 0.5) is 17.1 Å². The van der Waals surface area contributed by atoms with Crippen LogP contribution < -0.4 is 14.3 Å². The summed E-state index contributed by atoms with van der Waals surface area (Å²) in [6, 6.07) is 26.2. The Hall–Kier alpha value is -3.86. The van der Waals surface area contributed by atoms with Crippen LogP contribution in [0.15, 0.2) is 113 Å². The lowest BCUT2D eigenvalue weighted by Crippen LogP contribution is -2.29. The zero-order valence-electron chi connectivity index (χ0n) is 19.5. The third-order valence-corrected chi connectivity index (χ3v) is 8.93. The van der Waals surface area contributed by atoms with Crippen molar-refractivity contribution in [3.8, 4) is 0 Å². The Balaban J connectivity index is 1.54. The molecule has 0 heterocycles. The SMILES string of the molecule is CN(c1ccccc1C(=O)Nc1ccc(S(=O)(=O)Nc2ccccc2Cl)cc1)S(=O)(=O)c1ccccc1. The molecule has 4 rings (SSSR count). The Morgan fingerprint density at radius 3 is 2.00 bits per heavy atom. The Labute approximate surface area is 220 Å². The van der Waals surface area contributed by atoms with Crippen molar-refractivity contribution >= 4 is 54.6 Å². The van der Waals surface area contributed by atoms with Crippen molar-refractivity contribution in [2.24, 2.45) is 0 Å². The van der Waals surface area contributed by atoms with Gasteiger partial charge in [0.2, 0.25) is 0 Å². The predicted molar refractivity (Wildman–Crippen MR) is 145 cm³/mol. The van der Waals surface area contributed by atoms with E-state index >= 15 is 0 Å². The third-order valence-electron chi connectivity index (χ3n) is 5.43. The van der Waals surface area contributed by atoms with E-state index in [1.54, 1.807) is 54.6 Å². The quantitative estimate of drug-likeness (QED) is 0.309. The Kier molecular flexibility index (Phi) is 7.53. The standard InChI is InChI=1S/C26H22ClN3O5S2/c1-30(37(34,35)21-9-3-2-4-10-21)25-14-8-5-11-22(25)26(31)28-19-15-17-20(18-16-19)36(32,33)29-24-13-7-6-12-23(24)27/h2-18,29H,1H3,(H,28,31).